The number of hydrogen-bond acceptors (Lipinski definition) is 2. The van der Waals surface area contributed by atoms with Gasteiger partial charge in [-0.1, -0.05) is 152 Å². The first-order valence-corrected chi connectivity index (χ1v) is 18.4. The summed E-state index contributed by atoms with van der Waals surface area (Å²) in [7, 11) is 0. The topological polar surface area (TPSA) is 61.2 Å². The van der Waals surface area contributed by atoms with Gasteiger partial charge in [-0.05, 0) is 79.2 Å². The molecule has 0 radical (unpaired) electrons. The maximum Gasteiger partial charge on any atom is 0.219 e. The first kappa shape index (κ1) is 34.3. The zero-order chi connectivity index (χ0) is 38.9. The van der Waals surface area contributed by atoms with Gasteiger partial charge in [-0.2, -0.15) is 10.5 Å². The van der Waals surface area contributed by atoms with E-state index in [-0.39, 0.29) is 33.8 Å². The maximum atomic E-state index is 11.2. The Morgan fingerprint density at radius 3 is 1.18 bits per heavy atom. The van der Waals surface area contributed by atoms with Crippen LogP contribution in [0, 0.1) is 35.8 Å². The predicted octanol–water partition coefficient (Wildman–Crippen LogP) is 14.1. The van der Waals surface area contributed by atoms with Gasteiger partial charge in [0.15, 0.2) is 0 Å². The van der Waals surface area contributed by atoms with Crippen LogP contribution in [0.3, 0.4) is 0 Å². The molecule has 1 aromatic heterocycles. The largest absolute Gasteiger partial charge is 0.319 e. The molecule has 0 amide bonds. The van der Waals surface area contributed by atoms with E-state index in [0.717, 1.165) is 54.6 Å². The van der Waals surface area contributed by atoms with Crippen LogP contribution in [0.2, 0.25) is 0 Å². The summed E-state index contributed by atoms with van der Waals surface area (Å²) in [6, 6.07) is 63.2. The van der Waals surface area contributed by atoms with E-state index in [4.69, 9.17) is 13.1 Å². The molecular weight excluding hydrogens is 695 g/mol. The van der Waals surface area contributed by atoms with E-state index in [0.29, 0.717) is 16.6 Å². The molecule has 0 aliphatic heterocycles. The molecule has 0 saturated carbocycles. The summed E-state index contributed by atoms with van der Waals surface area (Å²) in [6.45, 7) is 17.2. The molecule has 0 aliphatic rings. The van der Waals surface area contributed by atoms with Crippen molar-refractivity contribution in [3.05, 3.63) is 210 Å². The smallest absolute Gasteiger partial charge is 0.219 e. The van der Waals surface area contributed by atoms with Crippen LogP contribution in [0.5, 0.6) is 0 Å². The molecule has 0 saturated heterocycles. The summed E-state index contributed by atoms with van der Waals surface area (Å²) in [6.07, 6.45) is 0. The lowest BCUT2D eigenvalue weighted by molar-refractivity contribution is 1.16. The summed E-state index contributed by atoms with van der Waals surface area (Å²) in [5.41, 5.74) is 6.56. The van der Waals surface area contributed by atoms with Crippen LogP contribution in [0.1, 0.15) is 11.1 Å². The van der Waals surface area contributed by atoms with E-state index in [1.165, 1.54) is 0 Å². The normalized spacial score (nSPS) is 10.7. The molecule has 0 bridgehead atoms. The van der Waals surface area contributed by atoms with E-state index >= 15 is 0 Å². The standard InChI is InChI=1S/C52H29N5/c1-55-50-49(36-20-10-5-11-21-36)45(32-53)46(33-54)52(51(50)56-2)57-47-28-26-37(34-16-6-3-7-17-34)30-43(47)41-24-14-12-22-39(41)40-23-13-15-25-42(40)44-31-38(27-29-48(44)57)35-18-8-4-9-19-35/h3-31H. The first-order valence-electron chi connectivity index (χ1n) is 18.4. The highest BCUT2D eigenvalue weighted by Gasteiger charge is 2.28. The number of hydrogen-bond donors (Lipinski definition) is 0. The van der Waals surface area contributed by atoms with Gasteiger partial charge < -0.3 is 4.57 Å². The Labute approximate surface area is 329 Å². The number of nitriles is 2. The summed E-state index contributed by atoms with van der Waals surface area (Å²) >= 11 is 0. The molecule has 9 aromatic rings. The van der Waals surface area contributed by atoms with Crippen LogP contribution in [0.4, 0.5) is 11.4 Å². The summed E-state index contributed by atoms with van der Waals surface area (Å²) in [4.78, 5) is 8.02. The number of benzene rings is 8. The van der Waals surface area contributed by atoms with E-state index in [9.17, 15) is 10.5 Å². The van der Waals surface area contributed by atoms with Gasteiger partial charge in [-0.25, -0.2) is 9.69 Å². The molecule has 0 N–H and O–H groups in total. The van der Waals surface area contributed by atoms with Gasteiger partial charge in [0, 0.05) is 10.8 Å². The zero-order valence-corrected chi connectivity index (χ0v) is 30.5. The number of aromatic nitrogens is 1. The van der Waals surface area contributed by atoms with Gasteiger partial charge in [-0.3, -0.25) is 0 Å². The number of nitrogens with zero attached hydrogens (tertiary/aromatic N) is 5. The SMILES string of the molecule is [C-]#[N+]c1c([N+]#[C-])c(-n2c3ccc(-c4ccccc4)cc3c3ccccc3c3ccccc3c3cc(-c4ccccc4)ccc32)c(C#N)c(C#N)c1-c1ccccc1. The minimum absolute atomic E-state index is 0.00334. The molecule has 1 heterocycles. The Kier molecular flexibility index (Phi) is 8.66. The van der Waals surface area contributed by atoms with Crippen molar-refractivity contribution in [3.63, 3.8) is 0 Å². The molecule has 0 unspecified atom stereocenters. The maximum absolute atomic E-state index is 11.2. The summed E-state index contributed by atoms with van der Waals surface area (Å²) in [5, 5.41) is 27.8. The van der Waals surface area contributed by atoms with Crippen molar-refractivity contribution in [2.45, 2.75) is 0 Å². The molecular formula is C52H29N5. The monoisotopic (exact) mass is 723 g/mol. The highest BCUT2D eigenvalue weighted by Crippen LogP contribution is 2.49. The lowest BCUT2D eigenvalue weighted by atomic mass is 9.91. The molecule has 262 valence electrons. The van der Waals surface area contributed by atoms with Gasteiger partial charge in [0.1, 0.15) is 6.07 Å². The minimum atomic E-state index is -0.00334. The Morgan fingerprint density at radius 2 is 0.772 bits per heavy atom. The lowest BCUT2D eigenvalue weighted by Crippen LogP contribution is -2.05. The van der Waals surface area contributed by atoms with Crippen LogP contribution >= 0.6 is 0 Å². The predicted molar refractivity (Wildman–Crippen MR) is 232 cm³/mol. The fourth-order valence-electron chi connectivity index (χ4n) is 8.04. The lowest BCUT2D eigenvalue weighted by Gasteiger charge is -2.21. The number of fused-ring (bicyclic) bond motifs is 7. The fourth-order valence-corrected chi connectivity index (χ4v) is 8.04. The van der Waals surface area contributed by atoms with Crippen LogP contribution in [-0.4, -0.2) is 4.57 Å². The second-order valence-corrected chi connectivity index (χ2v) is 13.6. The summed E-state index contributed by atoms with van der Waals surface area (Å²) < 4.78 is 1.95. The molecule has 5 heteroatoms. The Hall–Kier alpha value is -8.48. The van der Waals surface area contributed by atoms with Crippen molar-refractivity contribution < 1.29 is 0 Å². The molecule has 5 nitrogen and oxygen atoms in total. The van der Waals surface area contributed by atoms with Crippen molar-refractivity contribution >= 4 is 54.7 Å². The second kappa shape index (κ2) is 14.4. The van der Waals surface area contributed by atoms with E-state index in [1.54, 1.807) is 12.1 Å². The Balaban J connectivity index is 1.62. The molecule has 8 aromatic carbocycles. The van der Waals surface area contributed by atoms with E-state index in [2.05, 4.69) is 94.6 Å². The van der Waals surface area contributed by atoms with Crippen molar-refractivity contribution in [1.29, 1.82) is 10.5 Å². The second-order valence-electron chi connectivity index (χ2n) is 13.6. The van der Waals surface area contributed by atoms with Crippen molar-refractivity contribution in [3.8, 4) is 51.2 Å². The number of rotatable bonds is 4. The average Bonchev–Trinajstić information content (AvgIpc) is 3.33. The fraction of sp³-hybridized carbons (Fsp3) is 0. The van der Waals surface area contributed by atoms with Crippen molar-refractivity contribution in [2.75, 3.05) is 0 Å². The zero-order valence-electron chi connectivity index (χ0n) is 30.5. The van der Waals surface area contributed by atoms with Gasteiger partial charge in [0.2, 0.25) is 11.4 Å². The first-order chi connectivity index (χ1) is 28.1. The molecule has 0 fully saturated rings. The van der Waals surface area contributed by atoms with Crippen LogP contribution < -0.4 is 0 Å². The molecule has 0 atom stereocenters. The van der Waals surface area contributed by atoms with Crippen LogP contribution in [-0.2, 0) is 0 Å². The average molecular weight is 724 g/mol. The van der Waals surface area contributed by atoms with Crippen LogP contribution in [0.25, 0.3) is 92.1 Å². The third kappa shape index (κ3) is 5.69. The highest BCUT2D eigenvalue weighted by molar-refractivity contribution is 6.20. The van der Waals surface area contributed by atoms with Gasteiger partial charge in [0.05, 0.1) is 47.1 Å². The van der Waals surface area contributed by atoms with Crippen molar-refractivity contribution in [1.82, 2.24) is 4.57 Å². The minimum Gasteiger partial charge on any atom is -0.319 e. The third-order valence-corrected chi connectivity index (χ3v) is 10.6. The van der Waals surface area contributed by atoms with Gasteiger partial charge in [-0.15, -0.1) is 0 Å². The molecule has 9 rings (SSSR count). The third-order valence-electron chi connectivity index (χ3n) is 10.6. The molecule has 57 heavy (non-hydrogen) atoms. The van der Waals surface area contributed by atoms with Gasteiger partial charge >= 0.3 is 0 Å². The Morgan fingerprint density at radius 1 is 0.386 bits per heavy atom. The van der Waals surface area contributed by atoms with Crippen LogP contribution in [0.15, 0.2) is 176 Å². The molecule has 0 spiro atoms. The van der Waals surface area contributed by atoms with Crippen molar-refractivity contribution in [2.24, 2.45) is 0 Å². The van der Waals surface area contributed by atoms with E-state index < -0.39 is 0 Å². The van der Waals surface area contributed by atoms with E-state index in [1.807, 2.05) is 95.6 Å². The molecule has 0 aliphatic carbocycles. The van der Waals surface area contributed by atoms with Gasteiger partial charge in [0.25, 0.3) is 0 Å². The highest BCUT2D eigenvalue weighted by atomic mass is 15.0. The Bertz CT molecular complexity index is 3120. The quantitative estimate of drug-likeness (QED) is 0.170. The summed E-state index contributed by atoms with van der Waals surface area (Å²) in [5.74, 6) is 0.